The van der Waals surface area contributed by atoms with Gasteiger partial charge in [0.1, 0.15) is 11.9 Å². The Morgan fingerprint density at radius 3 is 2.87 bits per heavy atom. The lowest BCUT2D eigenvalue weighted by atomic mass is 10.1. The molecule has 0 spiro atoms. The van der Waals surface area contributed by atoms with Gasteiger partial charge in [-0.25, -0.2) is 0 Å². The molecule has 2 aromatic rings. The second-order valence-electron chi connectivity index (χ2n) is 5.33. The Morgan fingerprint density at radius 2 is 2.13 bits per heavy atom. The molecule has 1 aromatic heterocycles. The third kappa shape index (κ3) is 3.98. The van der Waals surface area contributed by atoms with Gasteiger partial charge in [-0.05, 0) is 43.2 Å². The Hall–Kier alpha value is -2.60. The number of furan rings is 1. The number of hydrogen-bond donors (Lipinski definition) is 2. The first kappa shape index (κ1) is 15.3. The zero-order chi connectivity index (χ0) is 16.1. The lowest BCUT2D eigenvalue weighted by Crippen LogP contribution is -2.27. The van der Waals surface area contributed by atoms with E-state index in [0.717, 1.165) is 12.8 Å². The summed E-state index contributed by atoms with van der Waals surface area (Å²) in [6.45, 7) is 0.936. The molecule has 1 aliphatic rings. The lowest BCUT2D eigenvalue weighted by Gasteiger charge is -2.11. The summed E-state index contributed by atoms with van der Waals surface area (Å²) in [5.41, 5.74) is 1.05. The minimum atomic E-state index is -0.397. The quantitative estimate of drug-likeness (QED) is 0.887. The molecule has 23 heavy (non-hydrogen) atoms. The highest BCUT2D eigenvalue weighted by Gasteiger charge is 2.23. The predicted octanol–water partition coefficient (Wildman–Crippen LogP) is 2.33. The van der Waals surface area contributed by atoms with E-state index in [-0.39, 0.29) is 11.8 Å². The van der Waals surface area contributed by atoms with E-state index in [1.165, 1.54) is 0 Å². The van der Waals surface area contributed by atoms with Crippen molar-refractivity contribution in [3.63, 3.8) is 0 Å². The van der Waals surface area contributed by atoms with Crippen LogP contribution in [0.25, 0.3) is 0 Å². The van der Waals surface area contributed by atoms with Crippen molar-refractivity contribution in [1.82, 2.24) is 5.32 Å². The molecular weight excluding hydrogens is 296 g/mol. The Balaban J connectivity index is 1.59. The maximum Gasteiger partial charge on any atom is 0.253 e. The number of benzene rings is 1. The number of rotatable bonds is 5. The van der Waals surface area contributed by atoms with E-state index in [1.54, 1.807) is 42.7 Å². The van der Waals surface area contributed by atoms with Crippen LogP contribution in [0, 0.1) is 0 Å². The molecule has 3 rings (SSSR count). The molecule has 0 aliphatic carbocycles. The fraction of sp³-hybridized carbons (Fsp3) is 0.294. The van der Waals surface area contributed by atoms with Crippen LogP contribution in [0.3, 0.4) is 0 Å². The van der Waals surface area contributed by atoms with E-state index in [0.29, 0.717) is 30.2 Å². The molecule has 0 bridgehead atoms. The van der Waals surface area contributed by atoms with Crippen LogP contribution in [0.5, 0.6) is 0 Å². The van der Waals surface area contributed by atoms with Crippen molar-refractivity contribution in [3.05, 3.63) is 54.0 Å². The van der Waals surface area contributed by atoms with Crippen molar-refractivity contribution in [3.8, 4) is 0 Å². The largest absolute Gasteiger partial charge is 0.467 e. The Bertz CT molecular complexity index is 676. The molecule has 2 amide bonds. The summed E-state index contributed by atoms with van der Waals surface area (Å²) in [4.78, 5) is 24.2. The number of amides is 2. The number of hydrogen-bond acceptors (Lipinski definition) is 4. The summed E-state index contributed by atoms with van der Waals surface area (Å²) in [5.74, 6) is 0.284. The molecule has 1 fully saturated rings. The van der Waals surface area contributed by atoms with E-state index in [9.17, 15) is 9.59 Å². The molecule has 6 nitrogen and oxygen atoms in total. The summed E-state index contributed by atoms with van der Waals surface area (Å²) in [6, 6.07) is 10.4. The number of carbonyl (C=O) groups is 2. The van der Waals surface area contributed by atoms with Gasteiger partial charge >= 0.3 is 0 Å². The molecule has 1 saturated heterocycles. The topological polar surface area (TPSA) is 80.6 Å². The second-order valence-corrected chi connectivity index (χ2v) is 5.33. The van der Waals surface area contributed by atoms with Gasteiger partial charge in [0.2, 0.25) is 0 Å². The van der Waals surface area contributed by atoms with Crippen molar-refractivity contribution in [2.75, 3.05) is 11.9 Å². The van der Waals surface area contributed by atoms with Gasteiger partial charge in [0.05, 0.1) is 12.8 Å². The molecule has 1 atom stereocenters. The summed E-state index contributed by atoms with van der Waals surface area (Å²) < 4.78 is 10.5. The maximum absolute atomic E-state index is 12.1. The maximum atomic E-state index is 12.1. The van der Waals surface area contributed by atoms with E-state index >= 15 is 0 Å². The monoisotopic (exact) mass is 314 g/mol. The number of anilines is 1. The van der Waals surface area contributed by atoms with Crippen LogP contribution in [-0.4, -0.2) is 24.5 Å². The van der Waals surface area contributed by atoms with Gasteiger partial charge in [-0.1, -0.05) is 6.07 Å². The van der Waals surface area contributed by atoms with Crippen molar-refractivity contribution in [2.24, 2.45) is 0 Å². The molecule has 2 N–H and O–H groups in total. The average molecular weight is 314 g/mol. The molecule has 1 aromatic carbocycles. The second kappa shape index (κ2) is 7.11. The van der Waals surface area contributed by atoms with Gasteiger partial charge in [0, 0.05) is 17.9 Å². The Kier molecular flexibility index (Phi) is 4.73. The molecule has 2 heterocycles. The smallest absolute Gasteiger partial charge is 0.253 e. The molecule has 0 radical (unpaired) electrons. The van der Waals surface area contributed by atoms with Gasteiger partial charge < -0.3 is 19.8 Å². The minimum absolute atomic E-state index is 0.171. The minimum Gasteiger partial charge on any atom is -0.467 e. The third-order valence-corrected chi connectivity index (χ3v) is 3.62. The van der Waals surface area contributed by atoms with Crippen molar-refractivity contribution in [2.45, 2.75) is 25.5 Å². The van der Waals surface area contributed by atoms with Crippen LogP contribution in [-0.2, 0) is 16.1 Å². The molecule has 0 unspecified atom stereocenters. The normalized spacial score (nSPS) is 17.0. The van der Waals surface area contributed by atoms with E-state index in [1.807, 2.05) is 0 Å². The fourth-order valence-corrected chi connectivity index (χ4v) is 2.43. The first-order valence-corrected chi connectivity index (χ1v) is 7.55. The molecule has 1 aliphatic heterocycles. The third-order valence-electron chi connectivity index (χ3n) is 3.62. The zero-order valence-electron chi connectivity index (χ0n) is 12.6. The van der Waals surface area contributed by atoms with Crippen LogP contribution in [0.1, 0.15) is 29.0 Å². The number of carbonyl (C=O) groups excluding carboxylic acids is 2. The van der Waals surface area contributed by atoms with Crippen molar-refractivity contribution < 1.29 is 18.7 Å². The highest BCUT2D eigenvalue weighted by Crippen LogP contribution is 2.16. The lowest BCUT2D eigenvalue weighted by molar-refractivity contribution is -0.124. The van der Waals surface area contributed by atoms with Gasteiger partial charge in [0.15, 0.2) is 0 Å². The van der Waals surface area contributed by atoms with Gasteiger partial charge in [-0.2, -0.15) is 0 Å². The molecule has 6 heteroatoms. The summed E-state index contributed by atoms with van der Waals surface area (Å²) in [5, 5.41) is 5.55. The summed E-state index contributed by atoms with van der Waals surface area (Å²) in [7, 11) is 0. The Morgan fingerprint density at radius 1 is 1.22 bits per heavy atom. The highest BCUT2D eigenvalue weighted by atomic mass is 16.5. The van der Waals surface area contributed by atoms with Crippen molar-refractivity contribution in [1.29, 1.82) is 0 Å². The van der Waals surface area contributed by atoms with Crippen molar-refractivity contribution >= 4 is 17.5 Å². The molecule has 0 saturated carbocycles. The van der Waals surface area contributed by atoms with Crippen LogP contribution < -0.4 is 10.6 Å². The first-order valence-electron chi connectivity index (χ1n) is 7.55. The van der Waals surface area contributed by atoms with E-state index in [4.69, 9.17) is 9.15 Å². The fourth-order valence-electron chi connectivity index (χ4n) is 2.43. The van der Waals surface area contributed by atoms with E-state index < -0.39 is 6.10 Å². The number of nitrogens with one attached hydrogen (secondary N) is 2. The van der Waals surface area contributed by atoms with Crippen LogP contribution >= 0.6 is 0 Å². The predicted molar refractivity (Wildman–Crippen MR) is 83.9 cm³/mol. The number of ether oxygens (including phenoxy) is 1. The van der Waals surface area contributed by atoms with Gasteiger partial charge in [0.25, 0.3) is 11.8 Å². The average Bonchev–Trinajstić information content (AvgIpc) is 3.26. The van der Waals surface area contributed by atoms with Gasteiger partial charge in [-0.15, -0.1) is 0 Å². The van der Waals surface area contributed by atoms with Crippen LogP contribution in [0.4, 0.5) is 5.69 Å². The standard InChI is InChI=1S/C17H18N2O4/c20-16(18-11-14-6-2-8-22-14)12-4-1-5-13(10-12)19-17(21)15-7-3-9-23-15/h1-2,4-6,8,10,15H,3,7,9,11H2,(H,18,20)(H,19,21)/t15-/m0/s1. The van der Waals surface area contributed by atoms with Crippen LogP contribution in [0.2, 0.25) is 0 Å². The SMILES string of the molecule is O=C(NCc1ccco1)c1cccc(NC(=O)[C@@H]2CCCO2)c1. The van der Waals surface area contributed by atoms with Gasteiger partial charge in [-0.3, -0.25) is 9.59 Å². The molecular formula is C17H18N2O4. The highest BCUT2D eigenvalue weighted by molar-refractivity contribution is 5.98. The Labute approximate surface area is 133 Å². The summed E-state index contributed by atoms with van der Waals surface area (Å²) in [6.07, 6.45) is 2.79. The van der Waals surface area contributed by atoms with E-state index in [2.05, 4.69) is 10.6 Å². The first-order chi connectivity index (χ1) is 11.2. The summed E-state index contributed by atoms with van der Waals surface area (Å²) >= 11 is 0. The zero-order valence-corrected chi connectivity index (χ0v) is 12.6. The van der Waals surface area contributed by atoms with Crippen LogP contribution in [0.15, 0.2) is 47.1 Å². The molecule has 120 valence electrons.